The minimum absolute atomic E-state index is 0.0770. The van der Waals surface area contributed by atoms with Gasteiger partial charge in [-0.05, 0) is 43.2 Å². The fraction of sp³-hybridized carbons (Fsp3) is 0.333. The van der Waals surface area contributed by atoms with Crippen molar-refractivity contribution in [3.05, 3.63) is 59.7 Å². The average molecular weight is 366 g/mol. The lowest BCUT2D eigenvalue weighted by Crippen LogP contribution is -2.46. The summed E-state index contributed by atoms with van der Waals surface area (Å²) in [6, 6.07) is 13.8. The van der Waals surface area contributed by atoms with Gasteiger partial charge in [-0.15, -0.1) is 0 Å². The fourth-order valence-electron chi connectivity index (χ4n) is 3.73. The third kappa shape index (κ3) is 3.60. The number of para-hydroxylation sites is 1. The van der Waals surface area contributed by atoms with Crippen LogP contribution in [0, 0.1) is 5.92 Å². The summed E-state index contributed by atoms with van der Waals surface area (Å²) in [6.07, 6.45) is 1.29. The number of carbonyl (C=O) groups excluding carboxylic acids is 2. The zero-order chi connectivity index (χ0) is 18.8. The largest absolute Gasteiger partial charge is 0.508 e. The van der Waals surface area contributed by atoms with Crippen LogP contribution in [0.25, 0.3) is 0 Å². The van der Waals surface area contributed by atoms with Crippen LogP contribution in [0.15, 0.2) is 48.5 Å². The molecule has 0 unspecified atom stereocenters. The minimum atomic E-state index is -0.134. The molecule has 1 atom stereocenters. The Bertz CT molecular complexity index is 842. The highest BCUT2D eigenvalue weighted by Crippen LogP contribution is 2.32. The van der Waals surface area contributed by atoms with Gasteiger partial charge in [0.05, 0.1) is 6.04 Å². The summed E-state index contributed by atoms with van der Waals surface area (Å²) in [7, 11) is 0. The van der Waals surface area contributed by atoms with E-state index in [1.807, 2.05) is 24.3 Å². The molecule has 0 aliphatic carbocycles. The van der Waals surface area contributed by atoms with Gasteiger partial charge in [-0.25, -0.2) is 4.79 Å². The van der Waals surface area contributed by atoms with Crippen LogP contribution >= 0.6 is 0 Å². The highest BCUT2D eigenvalue weighted by molar-refractivity contribution is 5.98. The van der Waals surface area contributed by atoms with Gasteiger partial charge < -0.3 is 20.1 Å². The highest BCUT2D eigenvalue weighted by Gasteiger charge is 2.31. The normalized spacial score (nSPS) is 19.3. The molecule has 2 N–H and O–H groups in total. The molecule has 2 aromatic carbocycles. The molecule has 6 heteroatoms. The van der Waals surface area contributed by atoms with Crippen molar-refractivity contribution in [2.45, 2.75) is 18.9 Å². The molecule has 27 heavy (non-hydrogen) atoms. The Labute approximate surface area is 157 Å². The molecule has 0 spiro atoms. The number of rotatable bonds is 3. The second-order valence-corrected chi connectivity index (χ2v) is 7.02. The van der Waals surface area contributed by atoms with E-state index in [9.17, 15) is 14.7 Å². The predicted molar refractivity (Wildman–Crippen MR) is 99.9 cm³/mol. The van der Waals surface area contributed by atoms with Gasteiger partial charge in [-0.3, -0.25) is 4.79 Å². The lowest BCUT2D eigenvalue weighted by Gasteiger charge is -2.32. The van der Waals surface area contributed by atoms with Gasteiger partial charge >= 0.3 is 6.03 Å². The van der Waals surface area contributed by atoms with Crippen LogP contribution in [0.1, 0.15) is 34.8 Å². The summed E-state index contributed by atoms with van der Waals surface area (Å²) in [6.45, 7) is 1.55. The Morgan fingerprint density at radius 1 is 1.04 bits per heavy atom. The zero-order valence-corrected chi connectivity index (χ0v) is 14.9. The first-order valence-corrected chi connectivity index (χ1v) is 9.22. The third-order valence-corrected chi connectivity index (χ3v) is 5.30. The average Bonchev–Trinajstić information content (AvgIpc) is 3.11. The topological polar surface area (TPSA) is 78.9 Å². The molecular weight excluding hydrogens is 344 g/mol. The van der Waals surface area contributed by atoms with Crippen LogP contribution in [0.2, 0.25) is 0 Å². The Kier molecular flexibility index (Phi) is 4.71. The number of nitrogens with one attached hydrogen (secondary N) is 1. The highest BCUT2D eigenvalue weighted by atomic mass is 16.5. The van der Waals surface area contributed by atoms with Crippen molar-refractivity contribution in [1.29, 1.82) is 0 Å². The van der Waals surface area contributed by atoms with E-state index in [2.05, 4.69) is 5.32 Å². The SMILES string of the molecule is O=C(c1ccc(O)cc1)C1CCN(C(=O)N[C@@H]2COc3ccccc32)CC1. The Balaban J connectivity index is 1.32. The van der Waals surface area contributed by atoms with E-state index in [1.54, 1.807) is 17.0 Å². The molecule has 2 heterocycles. The molecule has 2 aliphatic heterocycles. The summed E-state index contributed by atoms with van der Waals surface area (Å²) < 4.78 is 5.61. The second kappa shape index (κ2) is 7.31. The van der Waals surface area contributed by atoms with Crippen LogP contribution < -0.4 is 10.1 Å². The van der Waals surface area contributed by atoms with Crippen LogP contribution in [-0.4, -0.2) is 41.5 Å². The quantitative estimate of drug-likeness (QED) is 0.818. The molecule has 0 radical (unpaired) electrons. The van der Waals surface area contributed by atoms with Gasteiger partial charge in [0.2, 0.25) is 0 Å². The molecule has 2 aromatic rings. The van der Waals surface area contributed by atoms with E-state index < -0.39 is 0 Å². The number of hydrogen-bond acceptors (Lipinski definition) is 4. The van der Waals surface area contributed by atoms with E-state index in [1.165, 1.54) is 12.1 Å². The number of ether oxygens (including phenoxy) is 1. The molecule has 0 saturated carbocycles. The van der Waals surface area contributed by atoms with Crippen molar-refractivity contribution < 1.29 is 19.4 Å². The van der Waals surface area contributed by atoms with Gasteiger partial charge in [-0.2, -0.15) is 0 Å². The first-order chi connectivity index (χ1) is 13.1. The van der Waals surface area contributed by atoms with E-state index >= 15 is 0 Å². The van der Waals surface area contributed by atoms with Crippen molar-refractivity contribution >= 4 is 11.8 Å². The third-order valence-electron chi connectivity index (χ3n) is 5.30. The van der Waals surface area contributed by atoms with E-state index in [4.69, 9.17) is 4.74 Å². The van der Waals surface area contributed by atoms with Crippen molar-refractivity contribution in [2.24, 2.45) is 5.92 Å². The number of urea groups is 1. The Morgan fingerprint density at radius 2 is 1.74 bits per heavy atom. The molecule has 4 rings (SSSR count). The van der Waals surface area contributed by atoms with Crippen LogP contribution in [0.5, 0.6) is 11.5 Å². The standard InChI is InChI=1S/C21H22N2O4/c24-16-7-5-14(6-8-16)20(25)15-9-11-23(12-10-15)21(26)22-18-13-27-19-4-2-1-3-17(18)19/h1-8,15,18,24H,9-13H2,(H,22,26)/t18-/m1/s1. The van der Waals surface area contributed by atoms with Gasteiger partial charge in [0, 0.05) is 30.1 Å². The van der Waals surface area contributed by atoms with Gasteiger partial charge in [0.15, 0.2) is 5.78 Å². The number of phenols is 1. The van der Waals surface area contributed by atoms with Crippen molar-refractivity contribution in [3.8, 4) is 11.5 Å². The number of nitrogens with zero attached hydrogens (tertiary/aromatic N) is 1. The maximum absolute atomic E-state index is 12.6. The van der Waals surface area contributed by atoms with Crippen molar-refractivity contribution in [3.63, 3.8) is 0 Å². The number of piperidine rings is 1. The van der Waals surface area contributed by atoms with Crippen LogP contribution in [0.3, 0.4) is 0 Å². The number of aromatic hydroxyl groups is 1. The van der Waals surface area contributed by atoms with Crippen LogP contribution in [0.4, 0.5) is 4.79 Å². The molecule has 1 fully saturated rings. The number of hydrogen-bond donors (Lipinski definition) is 2. The molecule has 2 amide bonds. The van der Waals surface area contributed by atoms with E-state index in [0.29, 0.717) is 38.1 Å². The number of ketones is 1. The summed E-state index contributed by atoms with van der Waals surface area (Å²) in [5.74, 6) is 0.957. The van der Waals surface area contributed by atoms with Gasteiger partial charge in [-0.1, -0.05) is 18.2 Å². The maximum atomic E-state index is 12.6. The second-order valence-electron chi connectivity index (χ2n) is 7.02. The Hall–Kier alpha value is -3.02. The lowest BCUT2D eigenvalue weighted by atomic mass is 9.89. The molecular formula is C21H22N2O4. The van der Waals surface area contributed by atoms with Gasteiger partial charge in [0.25, 0.3) is 0 Å². The van der Waals surface area contributed by atoms with Crippen LogP contribution in [-0.2, 0) is 0 Å². The number of phenolic OH excluding ortho intramolecular Hbond substituents is 1. The number of amides is 2. The number of carbonyl (C=O) groups is 2. The van der Waals surface area contributed by atoms with E-state index in [0.717, 1.165) is 11.3 Å². The molecule has 0 aromatic heterocycles. The van der Waals surface area contributed by atoms with Crippen molar-refractivity contribution in [1.82, 2.24) is 10.2 Å². The maximum Gasteiger partial charge on any atom is 0.318 e. The summed E-state index contributed by atoms with van der Waals surface area (Å²) >= 11 is 0. The minimum Gasteiger partial charge on any atom is -0.508 e. The molecule has 2 aliphatic rings. The molecule has 6 nitrogen and oxygen atoms in total. The monoisotopic (exact) mass is 366 g/mol. The molecule has 0 bridgehead atoms. The first-order valence-electron chi connectivity index (χ1n) is 9.22. The summed E-state index contributed by atoms with van der Waals surface area (Å²) in [4.78, 5) is 26.9. The first kappa shape index (κ1) is 17.4. The smallest absolute Gasteiger partial charge is 0.318 e. The number of likely N-dealkylation sites (tertiary alicyclic amines) is 1. The summed E-state index contributed by atoms with van der Waals surface area (Å²) in [5, 5.41) is 12.4. The molecule has 140 valence electrons. The number of benzene rings is 2. The zero-order valence-electron chi connectivity index (χ0n) is 14.9. The number of fused-ring (bicyclic) bond motifs is 1. The Morgan fingerprint density at radius 3 is 2.48 bits per heavy atom. The summed E-state index contributed by atoms with van der Waals surface area (Å²) in [5.41, 5.74) is 1.61. The predicted octanol–water partition coefficient (Wildman–Crippen LogP) is 3.13. The lowest BCUT2D eigenvalue weighted by molar-refractivity contribution is 0.0853. The number of Topliss-reactive ketones (excluding diaryl/α,β-unsaturated/α-hetero) is 1. The van der Waals surface area contributed by atoms with Gasteiger partial charge in [0.1, 0.15) is 18.1 Å². The fourth-order valence-corrected chi connectivity index (χ4v) is 3.73. The van der Waals surface area contributed by atoms with E-state index in [-0.39, 0.29) is 29.5 Å². The van der Waals surface area contributed by atoms with Crippen molar-refractivity contribution in [2.75, 3.05) is 19.7 Å². The molecule has 1 saturated heterocycles.